The van der Waals surface area contributed by atoms with Crippen LogP contribution >= 0.6 is 12.2 Å². The first-order valence-corrected chi connectivity index (χ1v) is 6.77. The van der Waals surface area contributed by atoms with E-state index in [4.69, 9.17) is 12.2 Å². The fourth-order valence-corrected chi connectivity index (χ4v) is 3.45. The van der Waals surface area contributed by atoms with Gasteiger partial charge in [0.05, 0.1) is 5.52 Å². The number of para-hydroxylation sites is 1. The van der Waals surface area contributed by atoms with Crippen molar-refractivity contribution < 1.29 is 4.39 Å². The molecule has 0 bridgehead atoms. The monoisotopic (exact) mass is 264 g/mol. The number of hydrogen-bond donors (Lipinski definition) is 1. The summed E-state index contributed by atoms with van der Waals surface area (Å²) in [5.74, 6) is -0.227. The molecule has 4 heteroatoms. The Kier molecular flexibility index (Phi) is 2.59. The zero-order valence-corrected chi connectivity index (χ0v) is 11.5. The van der Waals surface area contributed by atoms with Gasteiger partial charge >= 0.3 is 0 Å². The second-order valence-electron chi connectivity index (χ2n) is 5.99. The number of rotatable bonds is 1. The van der Waals surface area contributed by atoms with Crippen LogP contribution in [0.3, 0.4) is 0 Å². The van der Waals surface area contributed by atoms with E-state index >= 15 is 0 Å². The molecule has 96 valence electrons. The maximum Gasteiger partial charge on any atom is 0.178 e. The first-order chi connectivity index (χ1) is 8.48. The largest absolute Gasteiger partial charge is 0.328 e. The predicted octanol–water partition coefficient (Wildman–Crippen LogP) is 4.59. The summed E-state index contributed by atoms with van der Waals surface area (Å²) in [5.41, 5.74) is 1.78. The average molecular weight is 264 g/mol. The highest BCUT2D eigenvalue weighted by atomic mass is 32.1. The van der Waals surface area contributed by atoms with E-state index in [1.807, 2.05) is 6.07 Å². The van der Waals surface area contributed by atoms with Gasteiger partial charge in [-0.25, -0.2) is 4.39 Å². The van der Waals surface area contributed by atoms with Crippen LogP contribution in [0.2, 0.25) is 0 Å². The molecule has 2 nitrogen and oxygen atoms in total. The summed E-state index contributed by atoms with van der Waals surface area (Å²) in [4.78, 5) is 3.00. The highest BCUT2D eigenvalue weighted by Crippen LogP contribution is 2.44. The number of aromatic nitrogens is 2. The average Bonchev–Trinajstić information content (AvgIpc) is 2.79. The standard InChI is InChI=1S/C14H17FN2S/c1-14(2)7-6-9(8-14)17-11-5-3-4-10(15)12(11)16-13(17)18/h3-5,9H,6-8H2,1-2H3,(H,16,18). The van der Waals surface area contributed by atoms with Crippen molar-refractivity contribution in [2.75, 3.05) is 0 Å². The molecular formula is C14H17FN2S. The molecule has 1 aliphatic rings. The lowest BCUT2D eigenvalue weighted by Gasteiger charge is -2.18. The summed E-state index contributed by atoms with van der Waals surface area (Å²) in [6, 6.07) is 5.55. The minimum atomic E-state index is -0.227. The van der Waals surface area contributed by atoms with Gasteiger partial charge in [-0.15, -0.1) is 0 Å². The van der Waals surface area contributed by atoms with Crippen molar-refractivity contribution in [2.45, 2.75) is 39.2 Å². The Morgan fingerprint density at radius 3 is 2.89 bits per heavy atom. The lowest BCUT2D eigenvalue weighted by atomic mass is 9.92. The Hall–Kier alpha value is -1.16. The van der Waals surface area contributed by atoms with Gasteiger partial charge in [0.2, 0.25) is 0 Å². The van der Waals surface area contributed by atoms with Gasteiger partial charge < -0.3 is 9.55 Å². The Bertz CT molecular complexity index is 653. The molecule has 1 aromatic heterocycles. The fourth-order valence-electron chi connectivity index (χ4n) is 3.10. The van der Waals surface area contributed by atoms with Crippen molar-refractivity contribution in [3.05, 3.63) is 28.8 Å². The van der Waals surface area contributed by atoms with Crippen molar-refractivity contribution in [3.63, 3.8) is 0 Å². The molecule has 1 aromatic carbocycles. The van der Waals surface area contributed by atoms with Gasteiger partial charge in [0, 0.05) is 6.04 Å². The minimum Gasteiger partial charge on any atom is -0.328 e. The van der Waals surface area contributed by atoms with Crippen LogP contribution in [0.1, 0.15) is 39.2 Å². The van der Waals surface area contributed by atoms with Gasteiger partial charge in [-0.1, -0.05) is 19.9 Å². The predicted molar refractivity (Wildman–Crippen MR) is 73.7 cm³/mol. The third-order valence-electron chi connectivity index (χ3n) is 4.01. The third kappa shape index (κ3) is 1.79. The van der Waals surface area contributed by atoms with E-state index in [-0.39, 0.29) is 5.82 Å². The molecule has 1 fully saturated rings. The molecule has 0 spiro atoms. The lowest BCUT2D eigenvalue weighted by Crippen LogP contribution is -2.09. The van der Waals surface area contributed by atoms with E-state index in [1.165, 1.54) is 12.5 Å². The van der Waals surface area contributed by atoms with Crippen LogP contribution in [0.4, 0.5) is 4.39 Å². The van der Waals surface area contributed by atoms with Crippen molar-refractivity contribution >= 4 is 23.3 Å². The van der Waals surface area contributed by atoms with E-state index in [2.05, 4.69) is 23.4 Å². The Labute approximate surface area is 111 Å². The number of H-pyrrole nitrogens is 1. The van der Waals surface area contributed by atoms with Crippen molar-refractivity contribution in [1.82, 2.24) is 9.55 Å². The molecule has 3 rings (SSSR count). The van der Waals surface area contributed by atoms with Gasteiger partial charge in [-0.2, -0.15) is 0 Å². The number of hydrogen-bond acceptors (Lipinski definition) is 1. The molecule has 1 N–H and O–H groups in total. The van der Waals surface area contributed by atoms with Gasteiger partial charge in [0.1, 0.15) is 11.3 Å². The first-order valence-electron chi connectivity index (χ1n) is 6.37. The normalized spacial score (nSPS) is 22.7. The number of nitrogens with one attached hydrogen (secondary N) is 1. The molecule has 1 unspecified atom stereocenters. The maximum atomic E-state index is 13.7. The molecule has 0 radical (unpaired) electrons. The number of aromatic amines is 1. The number of benzene rings is 1. The number of nitrogens with zero attached hydrogens (tertiary/aromatic N) is 1. The second-order valence-corrected chi connectivity index (χ2v) is 6.38. The number of fused-ring (bicyclic) bond motifs is 1. The molecule has 1 saturated carbocycles. The molecule has 0 amide bonds. The van der Waals surface area contributed by atoms with Gasteiger partial charge in [0.25, 0.3) is 0 Å². The summed E-state index contributed by atoms with van der Waals surface area (Å²) in [7, 11) is 0. The first kappa shape index (κ1) is 11.9. The molecule has 1 aliphatic carbocycles. The molecule has 1 atom stereocenters. The Balaban J connectivity index is 2.16. The SMILES string of the molecule is CC1(C)CCC(n2c(=S)[nH]c3c(F)cccc32)C1. The quantitative estimate of drug-likeness (QED) is 0.747. The van der Waals surface area contributed by atoms with E-state index in [0.29, 0.717) is 21.7 Å². The zero-order chi connectivity index (χ0) is 12.9. The lowest BCUT2D eigenvalue weighted by molar-refractivity contribution is 0.360. The van der Waals surface area contributed by atoms with Crippen LogP contribution in [-0.4, -0.2) is 9.55 Å². The van der Waals surface area contributed by atoms with Gasteiger partial charge in [0.15, 0.2) is 4.77 Å². The van der Waals surface area contributed by atoms with Crippen LogP contribution in [-0.2, 0) is 0 Å². The highest BCUT2D eigenvalue weighted by molar-refractivity contribution is 7.71. The van der Waals surface area contributed by atoms with E-state index in [0.717, 1.165) is 18.4 Å². The zero-order valence-electron chi connectivity index (χ0n) is 10.7. The van der Waals surface area contributed by atoms with E-state index < -0.39 is 0 Å². The summed E-state index contributed by atoms with van der Waals surface area (Å²) in [5, 5.41) is 0. The number of halogens is 1. The third-order valence-corrected chi connectivity index (χ3v) is 4.31. The van der Waals surface area contributed by atoms with Crippen LogP contribution in [0.15, 0.2) is 18.2 Å². The van der Waals surface area contributed by atoms with Gasteiger partial charge in [-0.05, 0) is 49.0 Å². The molecular weight excluding hydrogens is 247 g/mol. The van der Waals surface area contributed by atoms with E-state index in [9.17, 15) is 4.39 Å². The smallest absolute Gasteiger partial charge is 0.178 e. The highest BCUT2D eigenvalue weighted by Gasteiger charge is 2.33. The molecule has 2 aromatic rings. The summed E-state index contributed by atoms with van der Waals surface area (Å²) in [6.07, 6.45) is 3.41. The van der Waals surface area contributed by atoms with Crippen LogP contribution in [0, 0.1) is 16.0 Å². The summed E-state index contributed by atoms with van der Waals surface area (Å²) < 4.78 is 16.5. The minimum absolute atomic E-state index is 0.227. The molecule has 1 heterocycles. The van der Waals surface area contributed by atoms with Gasteiger partial charge in [-0.3, -0.25) is 0 Å². The van der Waals surface area contributed by atoms with Crippen LogP contribution < -0.4 is 0 Å². The summed E-state index contributed by atoms with van der Waals surface area (Å²) >= 11 is 5.36. The van der Waals surface area contributed by atoms with E-state index in [1.54, 1.807) is 6.07 Å². The van der Waals surface area contributed by atoms with Crippen molar-refractivity contribution in [1.29, 1.82) is 0 Å². The Morgan fingerprint density at radius 2 is 2.22 bits per heavy atom. The topological polar surface area (TPSA) is 20.7 Å². The van der Waals surface area contributed by atoms with Crippen LogP contribution in [0.25, 0.3) is 11.0 Å². The maximum absolute atomic E-state index is 13.7. The molecule has 0 aliphatic heterocycles. The van der Waals surface area contributed by atoms with Crippen molar-refractivity contribution in [3.8, 4) is 0 Å². The second kappa shape index (κ2) is 3.92. The molecule has 0 saturated heterocycles. The van der Waals surface area contributed by atoms with Crippen molar-refractivity contribution in [2.24, 2.45) is 5.41 Å². The van der Waals surface area contributed by atoms with Crippen LogP contribution in [0.5, 0.6) is 0 Å². The fraction of sp³-hybridized carbons (Fsp3) is 0.500. The number of imidazole rings is 1. The Morgan fingerprint density at radius 1 is 1.44 bits per heavy atom. The summed E-state index contributed by atoms with van der Waals surface area (Å²) in [6.45, 7) is 4.57. The molecule has 18 heavy (non-hydrogen) atoms.